The lowest BCUT2D eigenvalue weighted by atomic mass is 9.98. The molecular weight excluding hydrogens is 312 g/mol. The Labute approximate surface area is 143 Å². The van der Waals surface area contributed by atoms with Gasteiger partial charge in [-0.05, 0) is 47.4 Å². The van der Waals surface area contributed by atoms with Crippen LogP contribution in [-0.2, 0) is 19.5 Å². The quantitative estimate of drug-likeness (QED) is 0.872. The third-order valence-electron chi connectivity index (χ3n) is 4.15. The zero-order valence-corrected chi connectivity index (χ0v) is 14.4. The molecule has 0 bridgehead atoms. The predicted molar refractivity (Wildman–Crippen MR) is 95.5 cm³/mol. The van der Waals surface area contributed by atoms with Crippen molar-refractivity contribution in [1.29, 1.82) is 0 Å². The third-order valence-corrected chi connectivity index (χ3v) is 4.15. The Balaban J connectivity index is 0.00000192. The maximum Gasteiger partial charge on any atom is 0.161 e. The van der Waals surface area contributed by atoms with Crippen molar-refractivity contribution in [2.75, 3.05) is 26.5 Å². The summed E-state index contributed by atoms with van der Waals surface area (Å²) in [5, 5.41) is 0. The van der Waals surface area contributed by atoms with Gasteiger partial charge in [0, 0.05) is 25.3 Å². The fourth-order valence-electron chi connectivity index (χ4n) is 3.03. The van der Waals surface area contributed by atoms with Crippen LogP contribution in [0.2, 0.25) is 0 Å². The van der Waals surface area contributed by atoms with Gasteiger partial charge in [-0.15, -0.1) is 12.4 Å². The largest absolute Gasteiger partial charge is 0.493 e. The molecule has 0 unspecified atom stereocenters. The van der Waals surface area contributed by atoms with Crippen LogP contribution in [0.15, 0.2) is 36.4 Å². The van der Waals surface area contributed by atoms with E-state index < -0.39 is 0 Å². The maximum absolute atomic E-state index is 5.86. The number of hydrogen-bond donors (Lipinski definition) is 1. The molecule has 1 heterocycles. The fourth-order valence-corrected chi connectivity index (χ4v) is 3.03. The topological polar surface area (TPSA) is 47.7 Å². The molecule has 2 aromatic rings. The van der Waals surface area contributed by atoms with E-state index in [2.05, 4.69) is 23.1 Å². The molecule has 124 valence electrons. The smallest absolute Gasteiger partial charge is 0.161 e. The number of methoxy groups -OCH3 is 2. The van der Waals surface area contributed by atoms with Gasteiger partial charge in [0.2, 0.25) is 0 Å². The fraction of sp³-hybridized carbons (Fsp3) is 0.333. The van der Waals surface area contributed by atoms with Crippen molar-refractivity contribution in [2.24, 2.45) is 0 Å². The number of fused-ring (bicyclic) bond motifs is 1. The highest BCUT2D eigenvalue weighted by Gasteiger charge is 2.19. The van der Waals surface area contributed by atoms with E-state index in [1.807, 2.05) is 18.2 Å². The van der Waals surface area contributed by atoms with Crippen molar-refractivity contribution in [3.8, 4) is 11.5 Å². The van der Waals surface area contributed by atoms with Crippen LogP contribution in [0, 0.1) is 0 Å². The number of rotatable bonds is 4. The minimum absolute atomic E-state index is 0. The second kappa shape index (κ2) is 7.57. The van der Waals surface area contributed by atoms with Gasteiger partial charge < -0.3 is 15.2 Å². The Morgan fingerprint density at radius 2 is 1.74 bits per heavy atom. The van der Waals surface area contributed by atoms with Gasteiger partial charge in [0.15, 0.2) is 11.5 Å². The minimum Gasteiger partial charge on any atom is -0.493 e. The summed E-state index contributed by atoms with van der Waals surface area (Å²) in [5.41, 5.74) is 10.6. The highest BCUT2D eigenvalue weighted by Crippen LogP contribution is 2.33. The molecule has 1 aliphatic heterocycles. The normalized spacial score (nSPS) is 13.8. The monoisotopic (exact) mass is 334 g/mol. The zero-order chi connectivity index (χ0) is 15.5. The van der Waals surface area contributed by atoms with E-state index >= 15 is 0 Å². The van der Waals surface area contributed by atoms with Gasteiger partial charge in [-0.2, -0.15) is 0 Å². The van der Waals surface area contributed by atoms with Gasteiger partial charge in [0.05, 0.1) is 14.2 Å². The highest BCUT2D eigenvalue weighted by atomic mass is 35.5. The average Bonchev–Trinajstić information content (AvgIpc) is 2.53. The van der Waals surface area contributed by atoms with E-state index in [1.54, 1.807) is 14.2 Å². The van der Waals surface area contributed by atoms with Crippen LogP contribution < -0.4 is 15.2 Å². The van der Waals surface area contributed by atoms with Gasteiger partial charge in [-0.1, -0.05) is 12.1 Å². The standard InChI is InChI=1S/C18H22N2O2.ClH/c1-21-17-9-14-6-7-20(12-15(14)10-18(17)22-2)11-13-4-3-5-16(19)8-13;/h3-5,8-10H,6-7,11-12,19H2,1-2H3;1H. The van der Waals surface area contributed by atoms with Gasteiger partial charge in [-0.25, -0.2) is 0 Å². The lowest BCUT2D eigenvalue weighted by molar-refractivity contribution is 0.244. The average molecular weight is 335 g/mol. The second-order valence-electron chi connectivity index (χ2n) is 5.68. The number of nitrogen functional groups attached to an aromatic ring is 1. The van der Waals surface area contributed by atoms with Crippen molar-refractivity contribution >= 4 is 18.1 Å². The molecule has 4 nitrogen and oxygen atoms in total. The molecule has 5 heteroatoms. The van der Waals surface area contributed by atoms with E-state index in [4.69, 9.17) is 15.2 Å². The summed E-state index contributed by atoms with van der Waals surface area (Å²) in [6.07, 6.45) is 1.03. The molecule has 0 spiro atoms. The summed E-state index contributed by atoms with van der Waals surface area (Å²) in [7, 11) is 3.36. The lowest BCUT2D eigenvalue weighted by Gasteiger charge is -2.29. The molecule has 0 atom stereocenters. The Morgan fingerprint density at radius 1 is 1.04 bits per heavy atom. The molecule has 1 aliphatic rings. The molecule has 0 saturated heterocycles. The number of nitrogens with two attached hydrogens (primary N) is 1. The van der Waals surface area contributed by atoms with Crippen LogP contribution in [0.1, 0.15) is 16.7 Å². The summed E-state index contributed by atoms with van der Waals surface area (Å²) in [6, 6.07) is 12.3. The van der Waals surface area contributed by atoms with Crippen LogP contribution in [0.5, 0.6) is 11.5 Å². The number of halogens is 1. The first kappa shape index (κ1) is 17.4. The van der Waals surface area contributed by atoms with Gasteiger partial charge >= 0.3 is 0 Å². The Hall–Kier alpha value is -1.91. The molecule has 0 aliphatic carbocycles. The highest BCUT2D eigenvalue weighted by molar-refractivity contribution is 5.85. The van der Waals surface area contributed by atoms with Crippen LogP contribution in [-0.4, -0.2) is 25.7 Å². The van der Waals surface area contributed by atoms with Crippen molar-refractivity contribution in [3.05, 3.63) is 53.1 Å². The van der Waals surface area contributed by atoms with E-state index in [9.17, 15) is 0 Å². The SMILES string of the molecule is COc1cc2c(cc1OC)CN(Cc1cccc(N)c1)CC2.Cl. The molecule has 0 aromatic heterocycles. The molecule has 2 N–H and O–H groups in total. The van der Waals surface area contributed by atoms with E-state index in [0.29, 0.717) is 0 Å². The van der Waals surface area contributed by atoms with Crippen LogP contribution >= 0.6 is 12.4 Å². The summed E-state index contributed by atoms with van der Waals surface area (Å²) < 4.78 is 10.8. The number of benzene rings is 2. The van der Waals surface area contributed by atoms with Gasteiger partial charge in [0.25, 0.3) is 0 Å². The van der Waals surface area contributed by atoms with Crippen LogP contribution in [0.4, 0.5) is 5.69 Å². The van der Waals surface area contributed by atoms with Crippen LogP contribution in [0.25, 0.3) is 0 Å². The zero-order valence-electron chi connectivity index (χ0n) is 13.5. The van der Waals surface area contributed by atoms with Crippen molar-refractivity contribution in [2.45, 2.75) is 19.5 Å². The Kier molecular flexibility index (Phi) is 5.74. The Morgan fingerprint density at radius 3 is 2.39 bits per heavy atom. The first-order valence-electron chi connectivity index (χ1n) is 7.50. The first-order chi connectivity index (χ1) is 10.7. The third kappa shape index (κ3) is 3.89. The van der Waals surface area contributed by atoms with Crippen LogP contribution in [0.3, 0.4) is 0 Å². The Bertz CT molecular complexity index is 676. The summed E-state index contributed by atoms with van der Waals surface area (Å²) in [6.45, 7) is 2.88. The minimum atomic E-state index is 0. The number of nitrogens with zero attached hydrogens (tertiary/aromatic N) is 1. The molecular formula is C18H23ClN2O2. The molecule has 2 aromatic carbocycles. The van der Waals surface area contributed by atoms with Gasteiger partial charge in [-0.3, -0.25) is 4.90 Å². The molecule has 3 rings (SSSR count). The molecule has 0 radical (unpaired) electrons. The molecule has 23 heavy (non-hydrogen) atoms. The van der Waals surface area contributed by atoms with Crippen molar-refractivity contribution in [1.82, 2.24) is 4.90 Å². The van der Waals surface area contributed by atoms with Crippen molar-refractivity contribution in [3.63, 3.8) is 0 Å². The number of anilines is 1. The second-order valence-corrected chi connectivity index (χ2v) is 5.68. The molecule has 0 fully saturated rings. The van der Waals surface area contributed by atoms with E-state index in [1.165, 1.54) is 16.7 Å². The number of ether oxygens (including phenoxy) is 2. The van der Waals surface area contributed by atoms with E-state index in [0.717, 1.165) is 43.2 Å². The van der Waals surface area contributed by atoms with E-state index in [-0.39, 0.29) is 12.4 Å². The summed E-state index contributed by atoms with van der Waals surface area (Å²) in [4.78, 5) is 2.43. The lowest BCUT2D eigenvalue weighted by Crippen LogP contribution is -2.30. The number of hydrogen-bond acceptors (Lipinski definition) is 4. The summed E-state index contributed by atoms with van der Waals surface area (Å²) in [5.74, 6) is 1.61. The maximum atomic E-state index is 5.86. The van der Waals surface area contributed by atoms with Gasteiger partial charge in [0.1, 0.15) is 0 Å². The molecule has 0 saturated carbocycles. The van der Waals surface area contributed by atoms with Crippen molar-refractivity contribution < 1.29 is 9.47 Å². The summed E-state index contributed by atoms with van der Waals surface area (Å²) >= 11 is 0. The first-order valence-corrected chi connectivity index (χ1v) is 7.50. The molecule has 0 amide bonds. The predicted octanol–water partition coefficient (Wildman–Crippen LogP) is 3.27.